The Hall–Kier alpha value is -1.48. The van der Waals surface area contributed by atoms with Crippen molar-refractivity contribution in [3.63, 3.8) is 0 Å². The fourth-order valence-corrected chi connectivity index (χ4v) is 3.04. The van der Waals surface area contributed by atoms with Crippen LogP contribution in [0.25, 0.3) is 0 Å². The summed E-state index contributed by atoms with van der Waals surface area (Å²) >= 11 is 0. The Balaban J connectivity index is 2.20. The lowest BCUT2D eigenvalue weighted by Crippen LogP contribution is -2.78. The van der Waals surface area contributed by atoms with Crippen molar-refractivity contribution in [3.05, 3.63) is 12.2 Å². The third-order valence-corrected chi connectivity index (χ3v) is 4.25. The molecule has 4 saturated heterocycles. The fraction of sp³-hybridized carbons (Fsp3) is 0.667. The standard InChI is InChI=1S/C12H16N2O6/c1-6-3-4-20-12-7(15)10(2,18)5-14(12)9(17)11(6,19)13-8(12)16/h7,15,18-19H,1,3-5H2,2H3,(H,13,16)/t7-,10-,11+,12-/m0/s1. The summed E-state index contributed by atoms with van der Waals surface area (Å²) in [5.74, 6) is -1.73. The highest BCUT2D eigenvalue weighted by molar-refractivity contribution is 6.03. The van der Waals surface area contributed by atoms with Crippen LogP contribution in [0.1, 0.15) is 13.3 Å². The van der Waals surface area contributed by atoms with E-state index in [0.717, 1.165) is 4.90 Å². The molecule has 4 N–H and O–H groups in total. The Labute approximate surface area is 114 Å². The number of amides is 2. The monoisotopic (exact) mass is 284 g/mol. The van der Waals surface area contributed by atoms with Crippen molar-refractivity contribution in [2.75, 3.05) is 13.2 Å². The minimum Gasteiger partial charge on any atom is -0.385 e. The van der Waals surface area contributed by atoms with Gasteiger partial charge in [0.2, 0.25) is 5.72 Å². The van der Waals surface area contributed by atoms with Crippen molar-refractivity contribution in [1.29, 1.82) is 0 Å². The first-order chi connectivity index (χ1) is 9.16. The van der Waals surface area contributed by atoms with E-state index in [9.17, 15) is 24.9 Å². The van der Waals surface area contributed by atoms with Crippen LogP contribution in [0.4, 0.5) is 0 Å². The predicted molar refractivity (Wildman–Crippen MR) is 63.9 cm³/mol. The van der Waals surface area contributed by atoms with Gasteiger partial charge in [0, 0.05) is 0 Å². The third-order valence-electron chi connectivity index (χ3n) is 4.25. The van der Waals surface area contributed by atoms with Gasteiger partial charge < -0.3 is 25.4 Å². The maximum atomic E-state index is 12.4. The van der Waals surface area contributed by atoms with Gasteiger partial charge in [-0.2, -0.15) is 0 Å². The number of carbonyl (C=O) groups excluding carboxylic acids is 2. The van der Waals surface area contributed by atoms with Crippen LogP contribution in [0.3, 0.4) is 0 Å². The molecule has 110 valence electrons. The van der Waals surface area contributed by atoms with Crippen LogP contribution in [0.15, 0.2) is 12.2 Å². The van der Waals surface area contributed by atoms with Gasteiger partial charge in [0.25, 0.3) is 17.5 Å². The average Bonchev–Trinajstić information content (AvgIpc) is 2.56. The van der Waals surface area contributed by atoms with Crippen molar-refractivity contribution in [2.45, 2.75) is 36.5 Å². The van der Waals surface area contributed by atoms with Crippen molar-refractivity contribution >= 4 is 11.8 Å². The lowest BCUT2D eigenvalue weighted by atomic mass is 9.89. The minimum atomic E-state index is -2.22. The summed E-state index contributed by atoms with van der Waals surface area (Å²) in [6, 6.07) is 0. The highest BCUT2D eigenvalue weighted by atomic mass is 16.6. The fourth-order valence-electron chi connectivity index (χ4n) is 3.04. The lowest BCUT2D eigenvalue weighted by Gasteiger charge is -2.49. The van der Waals surface area contributed by atoms with Crippen LogP contribution in [0.5, 0.6) is 0 Å². The first-order valence-corrected chi connectivity index (χ1v) is 6.26. The van der Waals surface area contributed by atoms with E-state index in [-0.39, 0.29) is 25.1 Å². The quantitative estimate of drug-likeness (QED) is 0.363. The molecule has 20 heavy (non-hydrogen) atoms. The number of carbonyl (C=O) groups is 2. The Morgan fingerprint density at radius 2 is 2.10 bits per heavy atom. The molecule has 8 nitrogen and oxygen atoms in total. The van der Waals surface area contributed by atoms with Crippen molar-refractivity contribution in [1.82, 2.24) is 10.2 Å². The van der Waals surface area contributed by atoms with Crippen LogP contribution >= 0.6 is 0 Å². The van der Waals surface area contributed by atoms with Crippen LogP contribution in [-0.2, 0) is 14.3 Å². The number of nitrogens with zero attached hydrogens (tertiary/aromatic N) is 1. The summed E-state index contributed by atoms with van der Waals surface area (Å²) in [6.45, 7) is 4.57. The van der Waals surface area contributed by atoms with Gasteiger partial charge in [0.1, 0.15) is 11.7 Å². The zero-order chi connectivity index (χ0) is 14.9. The molecule has 4 aliphatic rings. The third kappa shape index (κ3) is 1.29. The number of fused-ring (bicyclic) bond motifs is 4. The second kappa shape index (κ2) is 3.59. The number of piperazine rings is 1. The van der Waals surface area contributed by atoms with Gasteiger partial charge in [-0.1, -0.05) is 6.58 Å². The highest BCUT2D eigenvalue weighted by Gasteiger charge is 2.72. The van der Waals surface area contributed by atoms with E-state index < -0.39 is 35.0 Å². The largest absolute Gasteiger partial charge is 0.385 e. The van der Waals surface area contributed by atoms with E-state index in [1.165, 1.54) is 6.92 Å². The zero-order valence-corrected chi connectivity index (χ0v) is 10.9. The molecule has 4 rings (SSSR count). The number of hydrogen-bond donors (Lipinski definition) is 4. The number of hydrogen-bond acceptors (Lipinski definition) is 6. The van der Waals surface area contributed by atoms with Crippen molar-refractivity contribution in [3.8, 4) is 0 Å². The van der Waals surface area contributed by atoms with E-state index in [1.54, 1.807) is 0 Å². The summed E-state index contributed by atoms with van der Waals surface area (Å²) in [5.41, 5.74) is -5.84. The van der Waals surface area contributed by atoms with E-state index >= 15 is 0 Å². The topological polar surface area (TPSA) is 119 Å². The van der Waals surface area contributed by atoms with Crippen LogP contribution in [0.2, 0.25) is 0 Å². The van der Waals surface area contributed by atoms with E-state index in [2.05, 4.69) is 11.9 Å². The lowest BCUT2D eigenvalue weighted by molar-refractivity contribution is -0.230. The summed E-state index contributed by atoms with van der Waals surface area (Å²) < 4.78 is 5.44. The maximum absolute atomic E-state index is 12.4. The summed E-state index contributed by atoms with van der Waals surface area (Å²) in [7, 11) is 0. The zero-order valence-electron chi connectivity index (χ0n) is 10.9. The first-order valence-electron chi connectivity index (χ1n) is 6.26. The molecule has 4 aliphatic heterocycles. The van der Waals surface area contributed by atoms with Crippen molar-refractivity contribution < 1.29 is 29.6 Å². The summed E-state index contributed by atoms with van der Waals surface area (Å²) in [6.07, 6.45) is -1.47. The second-order valence-electron chi connectivity index (χ2n) is 5.71. The molecule has 0 aromatic rings. The summed E-state index contributed by atoms with van der Waals surface area (Å²) in [4.78, 5) is 25.7. The number of aliphatic hydroxyl groups excluding tert-OH is 1. The van der Waals surface area contributed by atoms with Crippen LogP contribution in [0, 0.1) is 0 Å². The molecule has 4 heterocycles. The smallest absolute Gasteiger partial charge is 0.283 e. The highest BCUT2D eigenvalue weighted by Crippen LogP contribution is 2.44. The molecule has 8 heteroatoms. The van der Waals surface area contributed by atoms with Gasteiger partial charge in [-0.15, -0.1) is 0 Å². The molecule has 4 atom stereocenters. The molecule has 0 aromatic carbocycles. The average molecular weight is 284 g/mol. The maximum Gasteiger partial charge on any atom is 0.283 e. The molecular weight excluding hydrogens is 268 g/mol. The van der Waals surface area contributed by atoms with Gasteiger partial charge in [-0.05, 0) is 18.9 Å². The number of ether oxygens (including phenoxy) is 1. The molecule has 0 saturated carbocycles. The van der Waals surface area contributed by atoms with E-state index in [4.69, 9.17) is 4.74 Å². The Bertz CT molecular complexity index is 532. The van der Waals surface area contributed by atoms with E-state index in [1.807, 2.05) is 0 Å². The molecule has 0 aromatic heterocycles. The number of aliphatic hydroxyl groups is 3. The van der Waals surface area contributed by atoms with Gasteiger partial charge >= 0.3 is 0 Å². The van der Waals surface area contributed by atoms with Gasteiger partial charge in [-0.25, -0.2) is 0 Å². The second-order valence-corrected chi connectivity index (χ2v) is 5.71. The van der Waals surface area contributed by atoms with Crippen LogP contribution < -0.4 is 5.32 Å². The Kier molecular flexibility index (Phi) is 2.42. The molecular formula is C12H16N2O6. The normalized spacial score (nSPS) is 47.9. The van der Waals surface area contributed by atoms with Crippen molar-refractivity contribution in [2.24, 2.45) is 0 Å². The molecule has 0 unspecified atom stereocenters. The molecule has 2 amide bonds. The molecule has 0 aliphatic carbocycles. The number of rotatable bonds is 0. The molecule has 1 spiro atoms. The summed E-state index contributed by atoms with van der Waals surface area (Å²) in [5, 5.41) is 33.0. The van der Waals surface area contributed by atoms with Gasteiger partial charge in [-0.3, -0.25) is 14.5 Å². The van der Waals surface area contributed by atoms with Gasteiger partial charge in [0.15, 0.2) is 0 Å². The molecule has 0 radical (unpaired) electrons. The molecule has 2 bridgehead atoms. The predicted octanol–water partition coefficient (Wildman–Crippen LogP) is -2.57. The number of nitrogens with one attached hydrogen (secondary N) is 1. The SMILES string of the molecule is C=C1CCO[C@@]23C(=O)N[C@]1(O)C(=O)N2C[C@](C)(O)[C@@H]3O. The molecule has 4 fully saturated rings. The van der Waals surface area contributed by atoms with E-state index in [0.29, 0.717) is 0 Å². The minimum absolute atomic E-state index is 0.00845. The Morgan fingerprint density at radius 3 is 2.75 bits per heavy atom. The first kappa shape index (κ1) is 13.5. The van der Waals surface area contributed by atoms with Crippen LogP contribution in [-0.4, -0.2) is 68.3 Å². The Morgan fingerprint density at radius 1 is 1.45 bits per heavy atom. The van der Waals surface area contributed by atoms with Gasteiger partial charge in [0.05, 0.1) is 13.2 Å².